The van der Waals surface area contributed by atoms with Crippen LogP contribution < -0.4 is 10.1 Å². The number of nitrogens with zero attached hydrogens (tertiary/aromatic N) is 1. The van der Waals surface area contributed by atoms with Gasteiger partial charge in [0.05, 0.1) is 0 Å². The molecule has 0 amide bonds. The number of rotatable bonds is 3. The normalized spacial score (nSPS) is 17.0. The first-order chi connectivity index (χ1) is 7.75. The van der Waals surface area contributed by atoms with Crippen molar-refractivity contribution in [2.75, 3.05) is 13.1 Å². The molecule has 1 saturated heterocycles. The van der Waals surface area contributed by atoms with Gasteiger partial charge in [-0.15, -0.1) is 0 Å². The largest absolute Gasteiger partial charge is 0.477 e. The van der Waals surface area contributed by atoms with E-state index >= 15 is 0 Å². The van der Waals surface area contributed by atoms with E-state index in [9.17, 15) is 4.79 Å². The maximum atomic E-state index is 10.7. The quantitative estimate of drug-likeness (QED) is 0.795. The van der Waals surface area contributed by atoms with Gasteiger partial charge in [0.1, 0.15) is 6.10 Å². The highest BCUT2D eigenvalue weighted by molar-refractivity contribution is 5.85. The Labute approximate surface area is 93.5 Å². The first-order valence-corrected chi connectivity index (χ1v) is 5.33. The third kappa shape index (κ3) is 2.70. The molecule has 86 valence electrons. The Morgan fingerprint density at radius 3 is 2.88 bits per heavy atom. The van der Waals surface area contributed by atoms with Gasteiger partial charge in [0.25, 0.3) is 0 Å². The van der Waals surface area contributed by atoms with Gasteiger partial charge in [-0.1, -0.05) is 6.07 Å². The number of hydrogen-bond acceptors (Lipinski definition) is 4. The number of aromatic nitrogens is 1. The van der Waals surface area contributed by atoms with Crippen LogP contribution in [0.4, 0.5) is 0 Å². The number of piperidine rings is 1. The maximum Gasteiger partial charge on any atom is 0.354 e. The van der Waals surface area contributed by atoms with Crippen molar-refractivity contribution in [2.24, 2.45) is 0 Å². The number of hydrogen-bond donors (Lipinski definition) is 2. The summed E-state index contributed by atoms with van der Waals surface area (Å²) in [5, 5.41) is 12.0. The minimum Gasteiger partial charge on any atom is -0.477 e. The minimum absolute atomic E-state index is 0.0198. The van der Waals surface area contributed by atoms with Crippen LogP contribution >= 0.6 is 0 Å². The van der Waals surface area contributed by atoms with E-state index in [0.717, 1.165) is 25.9 Å². The molecule has 0 aromatic carbocycles. The molecule has 5 heteroatoms. The summed E-state index contributed by atoms with van der Waals surface area (Å²) in [6, 6.07) is 4.79. The van der Waals surface area contributed by atoms with Crippen LogP contribution in [0.15, 0.2) is 18.2 Å². The van der Waals surface area contributed by atoms with Crippen LogP contribution in [0, 0.1) is 0 Å². The number of ether oxygens (including phenoxy) is 1. The number of aromatic carboxylic acids is 1. The molecule has 2 heterocycles. The summed E-state index contributed by atoms with van der Waals surface area (Å²) in [4.78, 5) is 14.6. The number of carbonyl (C=O) groups is 1. The Morgan fingerprint density at radius 2 is 2.19 bits per heavy atom. The monoisotopic (exact) mass is 222 g/mol. The summed E-state index contributed by atoms with van der Waals surface area (Å²) in [6.07, 6.45) is 2.00. The Bertz CT molecular complexity index is 375. The van der Waals surface area contributed by atoms with Crippen molar-refractivity contribution in [3.63, 3.8) is 0 Å². The fraction of sp³-hybridized carbons (Fsp3) is 0.455. The molecule has 0 unspecified atom stereocenters. The van der Waals surface area contributed by atoms with Crippen molar-refractivity contribution >= 4 is 5.97 Å². The van der Waals surface area contributed by atoms with Gasteiger partial charge >= 0.3 is 5.97 Å². The lowest BCUT2D eigenvalue weighted by Gasteiger charge is -2.23. The lowest BCUT2D eigenvalue weighted by atomic mass is 10.1. The molecule has 0 atom stereocenters. The molecule has 0 saturated carbocycles. The molecule has 1 aliphatic rings. The summed E-state index contributed by atoms with van der Waals surface area (Å²) in [7, 11) is 0. The van der Waals surface area contributed by atoms with E-state index in [1.54, 1.807) is 12.1 Å². The topological polar surface area (TPSA) is 71.5 Å². The number of carboxylic acid groups (broad SMARTS) is 1. The molecule has 0 radical (unpaired) electrons. The molecule has 16 heavy (non-hydrogen) atoms. The minimum atomic E-state index is -1.03. The Hall–Kier alpha value is -1.62. The number of pyridine rings is 1. The SMILES string of the molecule is O=C(O)c1cccc(OC2CCNCC2)n1. The smallest absolute Gasteiger partial charge is 0.354 e. The first-order valence-electron chi connectivity index (χ1n) is 5.33. The molecule has 5 nitrogen and oxygen atoms in total. The van der Waals surface area contributed by atoms with Crippen molar-refractivity contribution in [3.05, 3.63) is 23.9 Å². The zero-order valence-electron chi connectivity index (χ0n) is 8.85. The highest BCUT2D eigenvalue weighted by Gasteiger charge is 2.15. The van der Waals surface area contributed by atoms with E-state index in [-0.39, 0.29) is 11.8 Å². The van der Waals surface area contributed by atoms with E-state index < -0.39 is 5.97 Å². The van der Waals surface area contributed by atoms with Gasteiger partial charge in [-0.2, -0.15) is 0 Å². The molecule has 2 N–H and O–H groups in total. The molecule has 0 bridgehead atoms. The van der Waals surface area contributed by atoms with Crippen LogP contribution in [0.1, 0.15) is 23.3 Å². The second kappa shape index (κ2) is 4.94. The van der Waals surface area contributed by atoms with E-state index in [4.69, 9.17) is 9.84 Å². The fourth-order valence-corrected chi connectivity index (χ4v) is 1.68. The van der Waals surface area contributed by atoms with Crippen LogP contribution in [-0.2, 0) is 0 Å². The maximum absolute atomic E-state index is 10.7. The van der Waals surface area contributed by atoms with Gasteiger partial charge in [0.15, 0.2) is 5.69 Å². The van der Waals surface area contributed by atoms with Crippen LogP contribution in [0.3, 0.4) is 0 Å². The molecular weight excluding hydrogens is 208 g/mol. The van der Waals surface area contributed by atoms with E-state index in [1.165, 1.54) is 6.07 Å². The van der Waals surface area contributed by atoms with Crippen LogP contribution in [0.2, 0.25) is 0 Å². The lowest BCUT2D eigenvalue weighted by Crippen LogP contribution is -2.34. The van der Waals surface area contributed by atoms with E-state index in [0.29, 0.717) is 5.88 Å². The van der Waals surface area contributed by atoms with Crippen LogP contribution in [-0.4, -0.2) is 35.3 Å². The predicted molar refractivity (Wildman–Crippen MR) is 57.7 cm³/mol. The average Bonchev–Trinajstić information content (AvgIpc) is 2.30. The van der Waals surface area contributed by atoms with Crippen molar-refractivity contribution in [3.8, 4) is 5.88 Å². The third-order valence-corrected chi connectivity index (χ3v) is 2.52. The average molecular weight is 222 g/mol. The molecule has 1 aromatic heterocycles. The van der Waals surface area contributed by atoms with E-state index in [2.05, 4.69) is 10.3 Å². The third-order valence-electron chi connectivity index (χ3n) is 2.52. The highest BCUT2D eigenvalue weighted by atomic mass is 16.5. The summed E-state index contributed by atoms with van der Waals surface area (Å²) in [6.45, 7) is 1.87. The standard InChI is InChI=1S/C11H14N2O3/c14-11(15)9-2-1-3-10(13-9)16-8-4-6-12-7-5-8/h1-3,8,12H,4-7H2,(H,14,15). The predicted octanol–water partition coefficient (Wildman–Crippen LogP) is 0.911. The number of nitrogens with one attached hydrogen (secondary N) is 1. The van der Waals surface area contributed by atoms with Gasteiger partial charge in [-0.25, -0.2) is 9.78 Å². The second-order valence-corrected chi connectivity index (χ2v) is 3.73. The van der Waals surface area contributed by atoms with Crippen molar-refractivity contribution < 1.29 is 14.6 Å². The zero-order valence-corrected chi connectivity index (χ0v) is 8.85. The Kier molecular flexibility index (Phi) is 3.36. The summed E-state index contributed by atoms with van der Waals surface area (Å²) in [5.41, 5.74) is 0.0198. The molecule has 1 fully saturated rings. The fourth-order valence-electron chi connectivity index (χ4n) is 1.68. The first kappa shape index (κ1) is 10.9. The summed E-state index contributed by atoms with van der Waals surface area (Å²) in [5.74, 6) is -0.637. The zero-order chi connectivity index (χ0) is 11.4. The Balaban J connectivity index is 2.02. The molecule has 1 aromatic rings. The van der Waals surface area contributed by atoms with Crippen molar-refractivity contribution in [1.29, 1.82) is 0 Å². The van der Waals surface area contributed by atoms with Crippen LogP contribution in [0.25, 0.3) is 0 Å². The molecule has 1 aliphatic heterocycles. The molecule has 0 aliphatic carbocycles. The van der Waals surface area contributed by atoms with Crippen LogP contribution in [0.5, 0.6) is 5.88 Å². The summed E-state index contributed by atoms with van der Waals surface area (Å²) < 4.78 is 5.63. The van der Waals surface area contributed by atoms with Gasteiger partial charge in [-0.3, -0.25) is 0 Å². The number of carboxylic acids is 1. The highest BCUT2D eigenvalue weighted by Crippen LogP contribution is 2.14. The molecule has 0 spiro atoms. The molecule has 2 rings (SSSR count). The van der Waals surface area contributed by atoms with Crippen molar-refractivity contribution in [1.82, 2.24) is 10.3 Å². The van der Waals surface area contributed by atoms with Gasteiger partial charge in [-0.05, 0) is 32.0 Å². The van der Waals surface area contributed by atoms with Gasteiger partial charge in [0, 0.05) is 6.07 Å². The van der Waals surface area contributed by atoms with Gasteiger partial charge < -0.3 is 15.2 Å². The van der Waals surface area contributed by atoms with E-state index in [1.807, 2.05) is 0 Å². The summed E-state index contributed by atoms with van der Waals surface area (Å²) >= 11 is 0. The molecular formula is C11H14N2O3. The lowest BCUT2D eigenvalue weighted by molar-refractivity contribution is 0.0687. The van der Waals surface area contributed by atoms with Crippen molar-refractivity contribution in [2.45, 2.75) is 18.9 Å². The van der Waals surface area contributed by atoms with Gasteiger partial charge in [0.2, 0.25) is 5.88 Å². The Morgan fingerprint density at radius 1 is 1.44 bits per heavy atom. The second-order valence-electron chi connectivity index (χ2n) is 3.73.